The van der Waals surface area contributed by atoms with Gasteiger partial charge < -0.3 is 13.6 Å². The van der Waals surface area contributed by atoms with Crippen LogP contribution in [0.5, 0.6) is 0 Å². The molecule has 11 rings (SSSR count). The molecule has 0 atom stereocenters. The topological polar surface area (TPSA) is 35.9 Å². The summed E-state index contributed by atoms with van der Waals surface area (Å²) in [6, 6.07) is 54.1. The van der Waals surface area contributed by atoms with Crippen LogP contribution in [-0.4, -0.2) is 14.1 Å². The van der Waals surface area contributed by atoms with E-state index in [1.54, 1.807) is 0 Å². The summed E-state index contributed by atoms with van der Waals surface area (Å²) in [4.78, 5) is 5.03. The van der Waals surface area contributed by atoms with E-state index < -0.39 is 0 Å². The molecule has 4 nitrogen and oxygen atoms in total. The fraction of sp³-hybridized carbons (Fsp3) is 0. The van der Waals surface area contributed by atoms with Gasteiger partial charge in [0.25, 0.3) is 0 Å². The predicted octanol–water partition coefficient (Wildman–Crippen LogP) is 11.3. The van der Waals surface area contributed by atoms with Gasteiger partial charge in [-0.25, -0.2) is 4.98 Å². The molecule has 0 spiro atoms. The minimum Gasteiger partial charge on any atom is -0.435 e. The lowest BCUT2D eigenvalue weighted by atomic mass is 10.0. The lowest BCUT2D eigenvalue weighted by Gasteiger charge is -2.15. The zero-order valence-corrected chi connectivity index (χ0v) is 25.2. The summed E-state index contributed by atoms with van der Waals surface area (Å²) in [6.45, 7) is 0. The molecular weight excluding hydrogens is 574 g/mol. The molecule has 0 aliphatic heterocycles. The van der Waals surface area contributed by atoms with Gasteiger partial charge in [-0.1, -0.05) is 103 Å². The van der Waals surface area contributed by atoms with Gasteiger partial charge in [-0.3, -0.25) is 0 Å². The van der Waals surface area contributed by atoms with Crippen molar-refractivity contribution in [2.24, 2.45) is 0 Å². The van der Waals surface area contributed by atoms with Crippen LogP contribution in [0.15, 0.2) is 156 Å². The highest BCUT2D eigenvalue weighted by Gasteiger charge is 2.30. The molecule has 0 amide bonds. The number of aromatic nitrogens is 3. The molecule has 1 aliphatic carbocycles. The molecule has 0 radical (unpaired) electrons. The molecule has 47 heavy (non-hydrogen) atoms. The van der Waals surface area contributed by atoms with Crippen LogP contribution in [0.25, 0.3) is 99.8 Å². The second kappa shape index (κ2) is 9.09. The van der Waals surface area contributed by atoms with E-state index in [0.717, 1.165) is 39.5 Å². The fourth-order valence-electron chi connectivity index (χ4n) is 7.96. The molecule has 0 bridgehead atoms. The SMILES string of the molecule is c1ccc(-c2nc3c(o2)-c2ccc(-n4c5ccccc5c5ccc6c7ccccc7n(-c7ccccc7)c6c54)c4cccc-3c24)cc1. The summed E-state index contributed by atoms with van der Waals surface area (Å²) in [6.07, 6.45) is 0. The second-order valence-electron chi connectivity index (χ2n) is 12.3. The minimum atomic E-state index is 0.654. The van der Waals surface area contributed by atoms with Gasteiger partial charge in [0.2, 0.25) is 5.89 Å². The van der Waals surface area contributed by atoms with E-state index in [1.807, 2.05) is 30.3 Å². The number of oxazole rings is 1. The van der Waals surface area contributed by atoms with Crippen LogP contribution in [0.3, 0.4) is 0 Å². The average molecular weight is 600 g/mol. The second-order valence-corrected chi connectivity index (χ2v) is 12.3. The number of para-hydroxylation sites is 3. The Morgan fingerprint density at radius 1 is 0.447 bits per heavy atom. The summed E-state index contributed by atoms with van der Waals surface area (Å²) in [5.74, 6) is 1.50. The maximum atomic E-state index is 6.49. The van der Waals surface area contributed by atoms with Crippen molar-refractivity contribution in [3.8, 4) is 45.4 Å². The van der Waals surface area contributed by atoms with Crippen molar-refractivity contribution in [1.82, 2.24) is 14.1 Å². The van der Waals surface area contributed by atoms with Crippen LogP contribution >= 0.6 is 0 Å². The molecule has 1 aliphatic rings. The Hall–Kier alpha value is -6.39. The number of hydrogen-bond acceptors (Lipinski definition) is 2. The number of rotatable bonds is 3. The summed E-state index contributed by atoms with van der Waals surface area (Å²) >= 11 is 0. The zero-order chi connectivity index (χ0) is 30.6. The van der Waals surface area contributed by atoms with E-state index in [4.69, 9.17) is 9.40 Å². The van der Waals surface area contributed by atoms with Gasteiger partial charge in [-0.05, 0) is 48.5 Å². The maximum Gasteiger partial charge on any atom is 0.227 e. The molecule has 10 aromatic rings. The Balaban J connectivity index is 1.27. The van der Waals surface area contributed by atoms with Crippen molar-refractivity contribution in [2.45, 2.75) is 0 Å². The third-order valence-electron chi connectivity index (χ3n) is 9.89. The van der Waals surface area contributed by atoms with Gasteiger partial charge in [0, 0.05) is 54.7 Å². The molecule has 7 aromatic carbocycles. The highest BCUT2D eigenvalue weighted by atomic mass is 16.4. The van der Waals surface area contributed by atoms with Crippen LogP contribution in [0.1, 0.15) is 0 Å². The first-order valence-electron chi connectivity index (χ1n) is 16.0. The summed E-state index contributed by atoms with van der Waals surface area (Å²) in [5.41, 5.74) is 11.2. The lowest BCUT2D eigenvalue weighted by Crippen LogP contribution is -1.99. The van der Waals surface area contributed by atoms with Crippen LogP contribution in [-0.2, 0) is 0 Å². The molecule has 218 valence electrons. The normalized spacial score (nSPS) is 12.3. The minimum absolute atomic E-state index is 0.654. The standard InChI is InChI=1S/C43H25N3O/c1-3-12-26(13-4-1)43-44-39-33-19-11-18-32-37(25-24-34(38(32)33)42(39)47-43)46-36-21-10-8-17-29(36)31-23-22-30-28-16-7-9-20-35(28)45(40(30)41(31)46)27-14-5-2-6-15-27/h1-25H. The first-order valence-corrected chi connectivity index (χ1v) is 16.0. The van der Waals surface area contributed by atoms with Crippen molar-refractivity contribution in [1.29, 1.82) is 0 Å². The van der Waals surface area contributed by atoms with Crippen LogP contribution in [0.2, 0.25) is 0 Å². The van der Waals surface area contributed by atoms with Crippen molar-refractivity contribution in [3.05, 3.63) is 152 Å². The highest BCUT2D eigenvalue weighted by Crippen LogP contribution is 2.51. The zero-order valence-electron chi connectivity index (χ0n) is 25.2. The Labute approximate surface area is 269 Å². The molecule has 0 fully saturated rings. The molecule has 0 unspecified atom stereocenters. The fourth-order valence-corrected chi connectivity index (χ4v) is 7.96. The van der Waals surface area contributed by atoms with Crippen molar-refractivity contribution in [3.63, 3.8) is 0 Å². The van der Waals surface area contributed by atoms with E-state index in [2.05, 4.69) is 130 Å². The molecule has 0 saturated heterocycles. The first-order chi connectivity index (χ1) is 23.3. The Bertz CT molecular complexity index is 2860. The van der Waals surface area contributed by atoms with Gasteiger partial charge in [-0.2, -0.15) is 0 Å². The monoisotopic (exact) mass is 599 g/mol. The first kappa shape index (κ1) is 24.9. The summed E-state index contributed by atoms with van der Waals surface area (Å²) in [7, 11) is 0. The molecule has 3 heterocycles. The van der Waals surface area contributed by atoms with Gasteiger partial charge >= 0.3 is 0 Å². The van der Waals surface area contributed by atoms with E-state index in [-0.39, 0.29) is 0 Å². The van der Waals surface area contributed by atoms with E-state index in [0.29, 0.717) is 5.89 Å². The molecule has 0 N–H and O–H groups in total. The number of nitrogens with zero attached hydrogens (tertiary/aromatic N) is 3. The van der Waals surface area contributed by atoms with Crippen LogP contribution in [0.4, 0.5) is 0 Å². The van der Waals surface area contributed by atoms with Gasteiger partial charge in [0.1, 0.15) is 5.69 Å². The Morgan fingerprint density at radius 2 is 1.06 bits per heavy atom. The van der Waals surface area contributed by atoms with E-state index >= 15 is 0 Å². The quantitative estimate of drug-likeness (QED) is 0.203. The van der Waals surface area contributed by atoms with E-state index in [1.165, 1.54) is 54.4 Å². The Morgan fingerprint density at radius 3 is 1.81 bits per heavy atom. The molecule has 3 aromatic heterocycles. The van der Waals surface area contributed by atoms with Crippen molar-refractivity contribution >= 4 is 54.4 Å². The summed E-state index contributed by atoms with van der Waals surface area (Å²) in [5, 5.41) is 7.32. The van der Waals surface area contributed by atoms with Gasteiger partial charge in [-0.15, -0.1) is 0 Å². The number of fused-ring (bicyclic) bond motifs is 10. The average Bonchev–Trinajstić information content (AvgIpc) is 3.88. The number of hydrogen-bond donors (Lipinski definition) is 0. The molecular formula is C43H25N3O. The van der Waals surface area contributed by atoms with Gasteiger partial charge in [0.15, 0.2) is 5.76 Å². The highest BCUT2D eigenvalue weighted by molar-refractivity contribution is 6.25. The largest absolute Gasteiger partial charge is 0.435 e. The predicted molar refractivity (Wildman–Crippen MR) is 193 cm³/mol. The van der Waals surface area contributed by atoms with Crippen LogP contribution < -0.4 is 0 Å². The Kier molecular flexibility index (Phi) is 4.81. The van der Waals surface area contributed by atoms with Crippen molar-refractivity contribution < 1.29 is 4.42 Å². The number of benzene rings is 7. The third kappa shape index (κ3) is 3.23. The van der Waals surface area contributed by atoms with Crippen molar-refractivity contribution in [2.75, 3.05) is 0 Å². The van der Waals surface area contributed by atoms with E-state index in [9.17, 15) is 0 Å². The van der Waals surface area contributed by atoms with Gasteiger partial charge in [0.05, 0.1) is 27.8 Å². The lowest BCUT2D eigenvalue weighted by molar-refractivity contribution is 0.590. The maximum absolute atomic E-state index is 6.49. The summed E-state index contributed by atoms with van der Waals surface area (Å²) < 4.78 is 11.4. The van der Waals surface area contributed by atoms with Crippen LogP contribution in [0, 0.1) is 0 Å². The third-order valence-corrected chi connectivity index (χ3v) is 9.89. The molecule has 0 saturated carbocycles. The smallest absolute Gasteiger partial charge is 0.227 e. The molecule has 4 heteroatoms.